The van der Waals surface area contributed by atoms with Crippen molar-refractivity contribution >= 4 is 0 Å². The molecule has 7 heteroatoms. The molecule has 24 saturated carbocycles. The summed E-state index contributed by atoms with van der Waals surface area (Å²) in [6.45, 7) is 44.8. The Morgan fingerprint density at radius 3 is 1.10 bits per heavy atom. The van der Waals surface area contributed by atoms with Crippen LogP contribution < -0.4 is 0 Å². The molecule has 0 aromatic rings. The summed E-state index contributed by atoms with van der Waals surface area (Å²) in [5.41, 5.74) is 0.914. The van der Waals surface area contributed by atoms with Crippen molar-refractivity contribution in [2.45, 2.75) is 468 Å². The lowest BCUT2D eigenvalue weighted by atomic mass is 9.50. The van der Waals surface area contributed by atoms with Crippen molar-refractivity contribution < 1.29 is 33.2 Å². The van der Waals surface area contributed by atoms with E-state index >= 15 is 0 Å². The van der Waals surface area contributed by atoms with Gasteiger partial charge < -0.3 is 33.2 Å². The maximum absolute atomic E-state index is 6.51. The second kappa shape index (κ2) is 39.1. The number of ether oxygens (including phenoxy) is 7. The molecular weight excluding hydrogens is 1370 g/mol. The van der Waals surface area contributed by atoms with Gasteiger partial charge in [-0.2, -0.15) is 0 Å². The van der Waals surface area contributed by atoms with Gasteiger partial charge in [0, 0.05) is 0 Å². The van der Waals surface area contributed by atoms with Crippen molar-refractivity contribution in [2.75, 3.05) is 13.2 Å². The van der Waals surface area contributed by atoms with Gasteiger partial charge in [0.05, 0.1) is 86.0 Å². The molecular formula is C105H184O7. The topological polar surface area (TPSA) is 64.6 Å². The number of rotatable bonds is 22. The molecule has 24 rings (SSSR count). The minimum atomic E-state index is 0.304. The van der Waals surface area contributed by atoms with Crippen molar-refractivity contribution in [1.82, 2.24) is 0 Å². The van der Waals surface area contributed by atoms with Crippen LogP contribution >= 0.6 is 0 Å². The predicted molar refractivity (Wildman–Crippen MR) is 466 cm³/mol. The molecule has 17 unspecified atom stereocenters. The average Bonchev–Trinajstić information content (AvgIpc) is 1.56. The summed E-state index contributed by atoms with van der Waals surface area (Å²) >= 11 is 0. The molecule has 0 aliphatic heterocycles. The zero-order chi connectivity index (χ0) is 79.0. The highest BCUT2D eigenvalue weighted by atomic mass is 16.5. The quantitative estimate of drug-likeness (QED) is 0.107. The van der Waals surface area contributed by atoms with Crippen LogP contribution in [-0.4, -0.2) is 86.0 Å². The third-order valence-electron chi connectivity index (χ3n) is 37.4. The van der Waals surface area contributed by atoms with Crippen molar-refractivity contribution in [1.29, 1.82) is 0 Å². The van der Waals surface area contributed by atoms with Gasteiger partial charge in [-0.1, -0.05) is 121 Å². The molecule has 0 radical (unpaired) electrons. The second-order valence-electron chi connectivity index (χ2n) is 48.0. The van der Waals surface area contributed by atoms with Crippen molar-refractivity contribution in [3.8, 4) is 0 Å². The van der Waals surface area contributed by atoms with Gasteiger partial charge in [0.1, 0.15) is 0 Å². The van der Waals surface area contributed by atoms with Crippen LogP contribution in [0.4, 0.5) is 0 Å². The number of hydrogen-bond donors (Lipinski definition) is 0. The Morgan fingerprint density at radius 1 is 0.259 bits per heavy atom. The number of fused-ring (bicyclic) bond motifs is 10. The summed E-state index contributed by atoms with van der Waals surface area (Å²) in [6.07, 6.45) is 66.0. The van der Waals surface area contributed by atoms with E-state index in [1.807, 2.05) is 0 Å². The molecule has 24 aliphatic carbocycles. The lowest BCUT2D eigenvalue weighted by Gasteiger charge is -2.57. The van der Waals surface area contributed by atoms with E-state index in [2.05, 4.69) is 132 Å². The fourth-order valence-corrected chi connectivity index (χ4v) is 31.7. The van der Waals surface area contributed by atoms with Crippen LogP contribution in [0.3, 0.4) is 0 Å². The summed E-state index contributed by atoms with van der Waals surface area (Å²) in [5.74, 6) is 28.8. The molecule has 0 N–H and O–H groups in total. The first-order chi connectivity index (χ1) is 53.6. The normalized spacial score (nSPS) is 45.3. The van der Waals surface area contributed by atoms with Crippen LogP contribution in [0.1, 0.15) is 395 Å². The molecule has 0 spiro atoms. The highest BCUT2D eigenvalue weighted by Crippen LogP contribution is 2.64. The van der Waals surface area contributed by atoms with Gasteiger partial charge in [0.15, 0.2) is 0 Å². The summed E-state index contributed by atoms with van der Waals surface area (Å²) < 4.78 is 43.6. The maximum Gasteiger partial charge on any atom is 0.0694 e. The van der Waals surface area contributed by atoms with Crippen LogP contribution in [0.25, 0.3) is 0 Å². The number of hydrogen-bond acceptors (Lipinski definition) is 7. The molecule has 646 valence electrons. The first-order valence-electron chi connectivity index (χ1n) is 51.1. The molecule has 0 amide bonds. The first kappa shape index (κ1) is 88.0. The Kier molecular flexibility index (Phi) is 30.7. The van der Waals surface area contributed by atoms with E-state index in [9.17, 15) is 0 Å². The van der Waals surface area contributed by atoms with Crippen molar-refractivity contribution in [3.05, 3.63) is 0 Å². The summed E-state index contributed by atoms with van der Waals surface area (Å²) in [7, 11) is 0. The lowest BCUT2D eigenvalue weighted by molar-refractivity contribution is -0.191. The van der Waals surface area contributed by atoms with Crippen LogP contribution in [0, 0.1) is 183 Å². The summed E-state index contributed by atoms with van der Waals surface area (Å²) in [6, 6.07) is 0. The Labute approximate surface area is 692 Å². The molecule has 20 bridgehead atoms. The van der Waals surface area contributed by atoms with Crippen LogP contribution in [0.5, 0.6) is 0 Å². The summed E-state index contributed by atoms with van der Waals surface area (Å²) in [4.78, 5) is 0. The van der Waals surface area contributed by atoms with E-state index in [-0.39, 0.29) is 0 Å². The standard InChI is InChI=1S/C17H32O.C16H28O.3C15H26O.C14H24O.C13H22O/c1-13(2)14(3)18-17-11-7-10-16(12-17)15-8-5-4-6-9-15;1-10(2)11(3)17-9-16-14-5-12-4-13(7-14)8-15(16)6-12;1-10(2)11(3)16-15-7-12-4-13(8-15)6-14(5-12)9-15;1-9(2)10(3)16-15-13-5-11-4-12(7-13)8-14(15)6-11;1-9(2)10(3)16-15-8-11-7-14(15)13-6-4-5-12(11)13;1-10(2)15-9-14-6-11-3-12(7-14)5-13(4-11)8-14;1-8(2)14-13-7-9-6-12(13)11-5-3-4-10(9)11/h13-17H,4-12H2,1-3H3;10-16H,4-9H2,1-3H3;10-14H,4-9H2,1-3H3;2*9-15H,4-8H2,1-3H3;10-13H,3-9H2,1-2H3;8-13H,3-7H2,1-2H3. The smallest absolute Gasteiger partial charge is 0.0694 e. The SMILES string of the molecule is CC(C)C(C)OC12CC3CC(CC(C3)C1)C2.CC(C)C(C)OC1C2CC3CC(C2)CC1C3.CC(C)C(C)OC1CC2CC1C1CCCC21.CC(C)C(C)OC1CCCC(C2CCCCC2)C1.CC(C)C(C)OCC1C2CC3CC(C2)CC1C3.CC(C)OC1CC2CC1C1CCCC21.CC(C)OCC12CC3CC(CC(C3)C1)C2. The van der Waals surface area contributed by atoms with E-state index in [1.165, 1.54) is 231 Å². The zero-order valence-electron chi connectivity index (χ0n) is 76.9. The van der Waals surface area contributed by atoms with Gasteiger partial charge in [-0.3, -0.25) is 0 Å². The highest BCUT2D eigenvalue weighted by Gasteiger charge is 2.58. The van der Waals surface area contributed by atoms with Gasteiger partial charge in [-0.05, 0) is 457 Å². The van der Waals surface area contributed by atoms with Crippen molar-refractivity contribution in [3.63, 3.8) is 0 Å². The largest absolute Gasteiger partial charge is 0.378 e. The van der Waals surface area contributed by atoms with Gasteiger partial charge in [-0.15, -0.1) is 0 Å². The fourth-order valence-electron chi connectivity index (χ4n) is 31.7. The molecule has 17 atom stereocenters. The van der Waals surface area contributed by atoms with Crippen LogP contribution in [0.2, 0.25) is 0 Å². The zero-order valence-corrected chi connectivity index (χ0v) is 76.9. The maximum atomic E-state index is 6.51. The Morgan fingerprint density at radius 2 is 0.652 bits per heavy atom. The Hall–Kier alpha value is -0.280. The minimum absolute atomic E-state index is 0.304. The predicted octanol–water partition coefficient (Wildman–Crippen LogP) is 27.9. The third kappa shape index (κ3) is 21.8. The van der Waals surface area contributed by atoms with Gasteiger partial charge in [0.2, 0.25) is 0 Å². The monoisotopic (exact) mass is 1560 g/mol. The molecule has 0 aromatic heterocycles. The highest BCUT2D eigenvalue weighted by molar-refractivity contribution is 5.08. The molecule has 0 aromatic carbocycles. The van der Waals surface area contributed by atoms with Gasteiger partial charge in [-0.25, -0.2) is 0 Å². The second-order valence-corrected chi connectivity index (χ2v) is 48.0. The van der Waals surface area contributed by atoms with E-state index in [0.29, 0.717) is 108 Å². The molecule has 24 fully saturated rings. The van der Waals surface area contributed by atoms with Gasteiger partial charge in [0.25, 0.3) is 0 Å². The van der Waals surface area contributed by atoms with Gasteiger partial charge >= 0.3 is 0 Å². The average molecular weight is 1560 g/mol. The first-order valence-corrected chi connectivity index (χ1v) is 51.1. The molecule has 0 heterocycles. The van der Waals surface area contributed by atoms with Crippen LogP contribution in [0.15, 0.2) is 0 Å². The third-order valence-corrected chi connectivity index (χ3v) is 37.4. The van der Waals surface area contributed by atoms with Crippen LogP contribution in [-0.2, 0) is 33.2 Å². The lowest BCUT2D eigenvalue weighted by Crippen LogP contribution is -2.53. The molecule has 112 heavy (non-hydrogen) atoms. The summed E-state index contributed by atoms with van der Waals surface area (Å²) in [5, 5.41) is 0. The van der Waals surface area contributed by atoms with E-state index < -0.39 is 0 Å². The van der Waals surface area contributed by atoms with E-state index in [1.54, 1.807) is 32.1 Å². The fraction of sp³-hybridized carbons (Fsp3) is 1.00. The Bertz CT molecular complexity index is 2670. The van der Waals surface area contributed by atoms with E-state index in [0.717, 1.165) is 161 Å². The molecule has 7 nitrogen and oxygen atoms in total. The molecule has 0 saturated heterocycles. The Balaban J connectivity index is 0.000000109. The minimum Gasteiger partial charge on any atom is -0.378 e. The molecule has 24 aliphatic rings. The van der Waals surface area contributed by atoms with E-state index in [4.69, 9.17) is 33.2 Å². The van der Waals surface area contributed by atoms with Crippen molar-refractivity contribution in [2.24, 2.45) is 183 Å².